The number of benzene rings is 1. The fourth-order valence-electron chi connectivity index (χ4n) is 1.37. The predicted octanol–water partition coefficient (Wildman–Crippen LogP) is 3.78. The normalized spacial score (nSPS) is 11.6. The molecule has 0 unspecified atom stereocenters. The van der Waals surface area contributed by atoms with E-state index in [1.54, 1.807) is 0 Å². The lowest BCUT2D eigenvalue weighted by Crippen LogP contribution is -2.02. The van der Waals surface area contributed by atoms with Crippen LogP contribution in [0.25, 0.3) is 10.4 Å². The summed E-state index contributed by atoms with van der Waals surface area (Å²) in [5.74, 6) is -0.627. The average molecular weight is 275 g/mol. The quantitative estimate of drug-likeness (QED) is 0.616. The molecule has 18 heavy (non-hydrogen) atoms. The van der Waals surface area contributed by atoms with Crippen molar-refractivity contribution in [2.45, 2.75) is 6.18 Å². The number of hydrogen-bond donors (Lipinski definition) is 0. The first-order valence-electron chi connectivity index (χ1n) is 4.70. The Morgan fingerprint density at radius 2 is 2.00 bits per heavy atom. The van der Waals surface area contributed by atoms with Gasteiger partial charge in [-0.2, -0.15) is 13.2 Å². The van der Waals surface area contributed by atoms with Crippen LogP contribution in [0.2, 0.25) is 0 Å². The zero-order valence-electron chi connectivity index (χ0n) is 8.66. The van der Waals surface area contributed by atoms with E-state index >= 15 is 0 Å². The van der Waals surface area contributed by atoms with Crippen LogP contribution in [-0.4, -0.2) is 11.3 Å². The highest BCUT2D eigenvalue weighted by atomic mass is 32.1. The highest BCUT2D eigenvalue weighted by Crippen LogP contribution is 2.37. The van der Waals surface area contributed by atoms with Crippen molar-refractivity contribution in [2.75, 3.05) is 0 Å². The van der Waals surface area contributed by atoms with E-state index in [0.29, 0.717) is 17.6 Å². The molecule has 1 heterocycles. The standard InChI is InChI=1S/C11H5F4NOS/c12-7-2-1-6(5-17)8(3-7)9-4-16-10(18-9)11(13,14)15/h1-5H. The molecule has 0 spiro atoms. The molecule has 0 fully saturated rings. The average Bonchev–Trinajstić information content (AvgIpc) is 2.77. The van der Waals surface area contributed by atoms with Crippen LogP contribution < -0.4 is 0 Å². The van der Waals surface area contributed by atoms with Gasteiger partial charge in [-0.3, -0.25) is 4.79 Å². The van der Waals surface area contributed by atoms with Crippen LogP contribution >= 0.6 is 11.3 Å². The van der Waals surface area contributed by atoms with Crippen molar-refractivity contribution in [3.63, 3.8) is 0 Å². The van der Waals surface area contributed by atoms with Crippen molar-refractivity contribution in [2.24, 2.45) is 0 Å². The second kappa shape index (κ2) is 4.49. The van der Waals surface area contributed by atoms with E-state index in [1.807, 2.05) is 0 Å². The molecule has 0 amide bonds. The Bertz CT molecular complexity index is 591. The summed E-state index contributed by atoms with van der Waals surface area (Å²) in [6.07, 6.45) is -3.10. The lowest BCUT2D eigenvalue weighted by atomic mass is 10.1. The third-order valence-corrected chi connectivity index (χ3v) is 3.23. The summed E-state index contributed by atoms with van der Waals surface area (Å²) >= 11 is 0.369. The Balaban J connectivity index is 2.52. The van der Waals surface area contributed by atoms with Crippen LogP contribution in [0, 0.1) is 5.82 Å². The number of carbonyl (C=O) groups is 1. The molecule has 1 aromatic carbocycles. The molecule has 0 N–H and O–H groups in total. The molecule has 2 aromatic rings. The van der Waals surface area contributed by atoms with Gasteiger partial charge in [0.25, 0.3) is 0 Å². The van der Waals surface area contributed by atoms with Gasteiger partial charge in [-0.25, -0.2) is 9.37 Å². The van der Waals surface area contributed by atoms with Gasteiger partial charge in [-0.15, -0.1) is 11.3 Å². The second-order valence-corrected chi connectivity index (χ2v) is 4.41. The molecule has 0 aliphatic carbocycles. The number of alkyl halides is 3. The van der Waals surface area contributed by atoms with Gasteiger partial charge >= 0.3 is 6.18 Å². The van der Waals surface area contributed by atoms with Crippen LogP contribution in [0.4, 0.5) is 17.6 Å². The van der Waals surface area contributed by atoms with Crippen LogP contribution in [0.15, 0.2) is 24.4 Å². The Labute approximate surface area is 103 Å². The van der Waals surface area contributed by atoms with Gasteiger partial charge in [0.1, 0.15) is 5.82 Å². The van der Waals surface area contributed by atoms with Gasteiger partial charge in [0.05, 0.1) is 4.88 Å². The van der Waals surface area contributed by atoms with Gasteiger partial charge in [0, 0.05) is 17.3 Å². The molecule has 0 aliphatic heterocycles. The summed E-state index contributed by atoms with van der Waals surface area (Å²) in [6.45, 7) is 0. The molecule has 2 nitrogen and oxygen atoms in total. The summed E-state index contributed by atoms with van der Waals surface area (Å²) in [6, 6.07) is 3.29. The summed E-state index contributed by atoms with van der Waals surface area (Å²) in [4.78, 5) is 14.1. The lowest BCUT2D eigenvalue weighted by Gasteiger charge is -2.02. The third-order valence-electron chi connectivity index (χ3n) is 2.16. The number of carbonyl (C=O) groups excluding carboxylic acids is 1. The number of thiazole rings is 1. The van der Waals surface area contributed by atoms with E-state index < -0.39 is 17.0 Å². The molecule has 2 rings (SSSR count). The number of nitrogens with zero attached hydrogens (tertiary/aromatic N) is 1. The summed E-state index contributed by atoms with van der Waals surface area (Å²) in [7, 11) is 0. The van der Waals surface area contributed by atoms with E-state index in [1.165, 1.54) is 6.07 Å². The van der Waals surface area contributed by atoms with E-state index in [2.05, 4.69) is 4.98 Å². The summed E-state index contributed by atoms with van der Waals surface area (Å²) in [5.41, 5.74) is 0.228. The Kier molecular flexibility index (Phi) is 3.16. The van der Waals surface area contributed by atoms with Crippen LogP contribution in [0.3, 0.4) is 0 Å². The SMILES string of the molecule is O=Cc1ccc(F)cc1-c1cnc(C(F)(F)F)s1. The van der Waals surface area contributed by atoms with Crippen molar-refractivity contribution in [3.05, 3.63) is 40.8 Å². The number of aldehydes is 1. The topological polar surface area (TPSA) is 30.0 Å². The molecule has 0 saturated carbocycles. The zero-order chi connectivity index (χ0) is 13.3. The largest absolute Gasteiger partial charge is 0.443 e. The summed E-state index contributed by atoms with van der Waals surface area (Å²) < 4.78 is 50.2. The monoisotopic (exact) mass is 275 g/mol. The molecule has 0 aliphatic rings. The first-order chi connectivity index (χ1) is 8.41. The molecule has 94 valence electrons. The van der Waals surface area contributed by atoms with Crippen LogP contribution in [0.5, 0.6) is 0 Å². The Morgan fingerprint density at radius 1 is 1.28 bits per heavy atom. The molecule has 0 atom stereocenters. The van der Waals surface area contributed by atoms with Crippen molar-refractivity contribution in [3.8, 4) is 10.4 Å². The maximum absolute atomic E-state index is 13.1. The fourth-order valence-corrected chi connectivity index (χ4v) is 2.20. The number of aromatic nitrogens is 1. The molecule has 0 bridgehead atoms. The Hall–Kier alpha value is -1.76. The molecule has 7 heteroatoms. The van der Waals surface area contributed by atoms with E-state index in [9.17, 15) is 22.4 Å². The minimum Gasteiger partial charge on any atom is -0.298 e. The van der Waals surface area contributed by atoms with Gasteiger partial charge in [-0.1, -0.05) is 0 Å². The van der Waals surface area contributed by atoms with E-state index in [0.717, 1.165) is 18.3 Å². The van der Waals surface area contributed by atoms with Crippen molar-refractivity contribution in [1.29, 1.82) is 0 Å². The number of halogens is 4. The lowest BCUT2D eigenvalue weighted by molar-refractivity contribution is -0.137. The van der Waals surface area contributed by atoms with Crippen LogP contribution in [0.1, 0.15) is 15.4 Å². The highest BCUT2D eigenvalue weighted by Gasteiger charge is 2.34. The molecule has 1 aromatic heterocycles. The molecule has 0 radical (unpaired) electrons. The minimum absolute atomic E-state index is 0.101. The van der Waals surface area contributed by atoms with Crippen molar-refractivity contribution in [1.82, 2.24) is 4.98 Å². The number of hydrogen-bond acceptors (Lipinski definition) is 3. The van der Waals surface area contributed by atoms with E-state index in [4.69, 9.17) is 0 Å². The molecular weight excluding hydrogens is 270 g/mol. The first kappa shape index (κ1) is 12.7. The second-order valence-electron chi connectivity index (χ2n) is 3.38. The minimum atomic E-state index is -4.54. The van der Waals surface area contributed by atoms with Crippen molar-refractivity contribution < 1.29 is 22.4 Å². The van der Waals surface area contributed by atoms with E-state index in [-0.39, 0.29) is 16.0 Å². The first-order valence-corrected chi connectivity index (χ1v) is 5.51. The van der Waals surface area contributed by atoms with Gasteiger partial charge < -0.3 is 0 Å². The van der Waals surface area contributed by atoms with Crippen molar-refractivity contribution >= 4 is 17.6 Å². The summed E-state index contributed by atoms with van der Waals surface area (Å²) in [5, 5.41) is -1.03. The maximum atomic E-state index is 13.1. The Morgan fingerprint density at radius 3 is 2.56 bits per heavy atom. The van der Waals surface area contributed by atoms with Gasteiger partial charge in [-0.05, 0) is 18.2 Å². The molecular formula is C11H5F4NOS. The van der Waals surface area contributed by atoms with Crippen LogP contribution in [-0.2, 0) is 6.18 Å². The third kappa shape index (κ3) is 2.40. The zero-order valence-corrected chi connectivity index (χ0v) is 9.48. The number of rotatable bonds is 2. The smallest absolute Gasteiger partial charge is 0.298 e. The fraction of sp³-hybridized carbons (Fsp3) is 0.0909. The molecule has 0 saturated heterocycles. The van der Waals surface area contributed by atoms with Gasteiger partial charge in [0.15, 0.2) is 11.3 Å². The maximum Gasteiger partial charge on any atom is 0.443 e. The highest BCUT2D eigenvalue weighted by molar-refractivity contribution is 7.15. The predicted molar refractivity (Wildman–Crippen MR) is 57.9 cm³/mol. The van der Waals surface area contributed by atoms with Gasteiger partial charge in [0.2, 0.25) is 0 Å².